The Morgan fingerprint density at radius 3 is 2.33 bits per heavy atom. The highest BCUT2D eigenvalue weighted by molar-refractivity contribution is 6.35. The van der Waals surface area contributed by atoms with E-state index in [4.69, 9.17) is 39.5 Å². The molecular weight excluding hydrogens is 543 g/mol. The van der Waals surface area contributed by atoms with Gasteiger partial charge in [-0.05, 0) is 42.7 Å². The summed E-state index contributed by atoms with van der Waals surface area (Å²) >= 11 is 18.6. The second-order valence-corrected chi connectivity index (χ2v) is 9.49. The smallest absolute Gasteiger partial charge is 0.243 e. The van der Waals surface area contributed by atoms with Crippen LogP contribution in [0.4, 0.5) is 0 Å². The molecule has 3 rings (SSSR count). The van der Waals surface area contributed by atoms with Crippen molar-refractivity contribution in [2.75, 3.05) is 0 Å². The van der Waals surface area contributed by atoms with E-state index < -0.39 is 0 Å². The highest BCUT2D eigenvalue weighted by Gasteiger charge is 2.20. The SMILES string of the molecule is CCCCCCCCn1cc[n+](CC(OCc2ccc(Cl)cc2)c2ccc(Cl)cc2Cl)c1.[Br-]. The average Bonchev–Trinajstić information content (AvgIpc) is 3.22. The third-order valence-electron chi connectivity index (χ3n) is 5.57. The minimum absolute atomic E-state index is 0. The lowest BCUT2D eigenvalue weighted by Crippen LogP contribution is -3.00. The maximum atomic E-state index is 6.52. The van der Waals surface area contributed by atoms with Crippen LogP contribution in [0.15, 0.2) is 61.2 Å². The molecule has 1 unspecified atom stereocenters. The molecule has 0 saturated heterocycles. The Morgan fingerprint density at radius 2 is 1.61 bits per heavy atom. The first-order valence-electron chi connectivity index (χ1n) is 11.4. The number of hydrogen-bond donors (Lipinski definition) is 0. The van der Waals surface area contributed by atoms with Gasteiger partial charge in [-0.1, -0.05) is 85.6 Å². The zero-order valence-corrected chi connectivity index (χ0v) is 22.9. The first-order valence-corrected chi connectivity index (χ1v) is 12.5. The third-order valence-corrected chi connectivity index (χ3v) is 6.38. The summed E-state index contributed by atoms with van der Waals surface area (Å²) in [5.41, 5.74) is 2.00. The Labute approximate surface area is 223 Å². The Morgan fingerprint density at radius 1 is 0.909 bits per heavy atom. The van der Waals surface area contributed by atoms with E-state index in [1.54, 1.807) is 6.07 Å². The average molecular weight is 575 g/mol. The highest BCUT2D eigenvalue weighted by Crippen LogP contribution is 2.29. The number of aromatic nitrogens is 2. The Bertz CT molecular complexity index is 962. The number of hydrogen-bond acceptors (Lipinski definition) is 1. The van der Waals surface area contributed by atoms with Gasteiger partial charge in [0.25, 0.3) is 0 Å². The van der Waals surface area contributed by atoms with E-state index in [1.165, 1.54) is 38.5 Å². The van der Waals surface area contributed by atoms with Crippen LogP contribution in [0.25, 0.3) is 0 Å². The van der Waals surface area contributed by atoms with E-state index in [0.29, 0.717) is 28.2 Å². The maximum absolute atomic E-state index is 6.52. The van der Waals surface area contributed by atoms with Crippen LogP contribution in [0.5, 0.6) is 0 Å². The zero-order valence-electron chi connectivity index (χ0n) is 19.0. The summed E-state index contributed by atoms with van der Waals surface area (Å²) in [5, 5.41) is 1.95. The molecule has 1 aromatic heterocycles. The van der Waals surface area contributed by atoms with Crippen molar-refractivity contribution in [1.82, 2.24) is 4.57 Å². The van der Waals surface area contributed by atoms with Gasteiger partial charge < -0.3 is 21.7 Å². The van der Waals surface area contributed by atoms with Crippen LogP contribution < -0.4 is 21.5 Å². The molecule has 0 aliphatic carbocycles. The number of nitrogens with zero attached hydrogens (tertiary/aromatic N) is 2. The van der Waals surface area contributed by atoms with Crippen LogP contribution in [0, 0.1) is 0 Å². The van der Waals surface area contributed by atoms with Crippen molar-refractivity contribution in [2.24, 2.45) is 0 Å². The Hall–Kier alpha value is -1.04. The number of rotatable bonds is 13. The molecule has 0 radical (unpaired) electrons. The molecule has 7 heteroatoms. The summed E-state index contributed by atoms with van der Waals surface area (Å²) in [4.78, 5) is 0. The van der Waals surface area contributed by atoms with Gasteiger partial charge in [0.1, 0.15) is 25.0 Å². The fourth-order valence-electron chi connectivity index (χ4n) is 3.73. The van der Waals surface area contributed by atoms with Crippen LogP contribution >= 0.6 is 34.8 Å². The Kier molecular flexibility index (Phi) is 12.9. The number of halogens is 4. The van der Waals surface area contributed by atoms with Crippen LogP contribution in [0.2, 0.25) is 15.1 Å². The molecule has 0 aliphatic rings. The largest absolute Gasteiger partial charge is 1.00 e. The predicted molar refractivity (Wildman–Crippen MR) is 133 cm³/mol. The number of benzene rings is 2. The summed E-state index contributed by atoms with van der Waals surface area (Å²) in [6, 6.07) is 13.3. The van der Waals surface area contributed by atoms with Gasteiger partial charge in [-0.25, -0.2) is 9.13 Å². The van der Waals surface area contributed by atoms with Crippen LogP contribution in [0.3, 0.4) is 0 Å². The van der Waals surface area contributed by atoms with Crippen LogP contribution in [-0.2, 0) is 24.4 Å². The fourth-order valence-corrected chi connectivity index (χ4v) is 4.38. The van der Waals surface area contributed by atoms with Crippen molar-refractivity contribution in [3.63, 3.8) is 0 Å². The summed E-state index contributed by atoms with van der Waals surface area (Å²) in [6.45, 7) is 4.43. The lowest BCUT2D eigenvalue weighted by molar-refractivity contribution is -0.704. The first-order chi connectivity index (χ1) is 15.5. The van der Waals surface area contributed by atoms with Crippen molar-refractivity contribution in [3.05, 3.63) is 87.4 Å². The number of unbranched alkanes of at least 4 members (excludes halogenated alkanes) is 5. The standard InChI is InChI=1S/C26H32Cl3N2O.BrH/c1-2-3-4-5-6-7-14-30-15-16-31(20-30)18-26(24-13-12-23(28)17-25(24)29)32-19-21-8-10-22(27)11-9-21;/h8-13,15-17,20,26H,2-7,14,18-19H2,1H3;1H/q+1;/p-1. The second-order valence-electron chi connectivity index (χ2n) is 8.21. The minimum Gasteiger partial charge on any atom is -1.00 e. The first kappa shape index (κ1) is 28.2. The van der Waals surface area contributed by atoms with Gasteiger partial charge in [0.2, 0.25) is 6.33 Å². The van der Waals surface area contributed by atoms with Crippen molar-refractivity contribution < 1.29 is 26.3 Å². The topological polar surface area (TPSA) is 18.0 Å². The number of aryl methyl sites for hydroxylation is 1. The summed E-state index contributed by atoms with van der Waals surface area (Å²) in [5.74, 6) is 0. The van der Waals surface area contributed by atoms with Gasteiger partial charge in [0, 0.05) is 20.6 Å². The third kappa shape index (κ3) is 9.62. The van der Waals surface area contributed by atoms with Gasteiger partial charge in [0.05, 0.1) is 13.2 Å². The van der Waals surface area contributed by atoms with Crippen molar-refractivity contribution in [2.45, 2.75) is 71.2 Å². The van der Waals surface area contributed by atoms with Crippen molar-refractivity contribution in [3.8, 4) is 0 Å². The van der Waals surface area contributed by atoms with E-state index in [0.717, 1.165) is 17.7 Å². The second kappa shape index (κ2) is 15.1. The molecule has 1 heterocycles. The van der Waals surface area contributed by atoms with E-state index in [9.17, 15) is 0 Å². The molecule has 0 aliphatic heterocycles. The molecule has 3 aromatic rings. The monoisotopic (exact) mass is 572 g/mol. The molecular formula is C26H32BrCl3N2O. The molecule has 0 spiro atoms. The lowest BCUT2D eigenvalue weighted by atomic mass is 10.1. The Balaban J connectivity index is 0.00000385. The van der Waals surface area contributed by atoms with Crippen molar-refractivity contribution in [1.29, 1.82) is 0 Å². The molecule has 2 aromatic carbocycles. The molecule has 1 atom stereocenters. The highest BCUT2D eigenvalue weighted by atomic mass is 79.9. The minimum atomic E-state index is -0.203. The maximum Gasteiger partial charge on any atom is 0.243 e. The molecule has 0 N–H and O–H groups in total. The van der Waals surface area contributed by atoms with Gasteiger partial charge in [-0.15, -0.1) is 0 Å². The zero-order chi connectivity index (χ0) is 22.8. The van der Waals surface area contributed by atoms with E-state index in [2.05, 4.69) is 34.8 Å². The molecule has 180 valence electrons. The summed E-state index contributed by atoms with van der Waals surface area (Å²) < 4.78 is 10.7. The number of ether oxygens (including phenoxy) is 1. The molecule has 0 saturated carbocycles. The van der Waals surface area contributed by atoms with Gasteiger partial charge in [-0.2, -0.15) is 0 Å². The van der Waals surface area contributed by atoms with Crippen LogP contribution in [0.1, 0.15) is 62.7 Å². The summed E-state index contributed by atoms with van der Waals surface area (Å²) in [6.07, 6.45) is 14.0. The predicted octanol–water partition coefficient (Wildman–Crippen LogP) is 5.06. The normalized spacial score (nSPS) is 11.9. The quantitative estimate of drug-likeness (QED) is 0.206. The van der Waals surface area contributed by atoms with Gasteiger partial charge in [-0.3, -0.25) is 0 Å². The lowest BCUT2D eigenvalue weighted by Gasteiger charge is -2.18. The van der Waals surface area contributed by atoms with E-state index >= 15 is 0 Å². The molecule has 3 nitrogen and oxygen atoms in total. The molecule has 0 amide bonds. The van der Waals surface area contributed by atoms with E-state index in [-0.39, 0.29) is 23.1 Å². The number of imidazole rings is 1. The fraction of sp³-hybridized carbons (Fsp3) is 0.423. The van der Waals surface area contributed by atoms with Gasteiger partial charge in [0.15, 0.2) is 0 Å². The summed E-state index contributed by atoms with van der Waals surface area (Å²) in [7, 11) is 0. The molecule has 0 bridgehead atoms. The van der Waals surface area contributed by atoms with Gasteiger partial charge >= 0.3 is 0 Å². The van der Waals surface area contributed by atoms with E-state index in [1.807, 2.05) is 36.4 Å². The van der Waals surface area contributed by atoms with Crippen molar-refractivity contribution >= 4 is 34.8 Å². The molecule has 33 heavy (non-hydrogen) atoms. The van der Waals surface area contributed by atoms with Crippen LogP contribution in [-0.4, -0.2) is 4.57 Å². The molecule has 0 fully saturated rings.